The molecule has 1 rings (SSSR count). The first-order valence-corrected chi connectivity index (χ1v) is 7.54. The topological polar surface area (TPSA) is 106 Å². The van der Waals surface area contributed by atoms with Crippen molar-refractivity contribution in [3.05, 3.63) is 30.0 Å². The summed E-state index contributed by atoms with van der Waals surface area (Å²) in [7, 11) is -3.53. The maximum atomic E-state index is 11.7. The molecule has 0 fully saturated rings. The summed E-state index contributed by atoms with van der Waals surface area (Å²) in [6, 6.07) is 4.63. The van der Waals surface area contributed by atoms with Crippen molar-refractivity contribution in [2.75, 3.05) is 23.7 Å². The number of nitrogens with one attached hydrogen (secondary N) is 1. The van der Waals surface area contributed by atoms with Crippen LogP contribution in [0.5, 0.6) is 0 Å². The fraction of sp³-hybridized carbons (Fsp3) is 0.333. The fourth-order valence-corrected chi connectivity index (χ4v) is 2.15. The molecule has 0 aliphatic rings. The number of hydrogen-bond donors (Lipinski definition) is 2. The second-order valence-corrected chi connectivity index (χ2v) is 5.58. The van der Waals surface area contributed by atoms with Crippen LogP contribution in [0.25, 0.3) is 6.08 Å². The van der Waals surface area contributed by atoms with Crippen molar-refractivity contribution in [2.24, 2.45) is 0 Å². The van der Waals surface area contributed by atoms with Gasteiger partial charge in [0, 0.05) is 12.7 Å². The molecule has 20 heavy (non-hydrogen) atoms. The first-order valence-electron chi connectivity index (χ1n) is 5.89. The summed E-state index contributed by atoms with van der Waals surface area (Å²) in [5, 5.41) is 8.51. The lowest BCUT2D eigenvalue weighted by atomic mass is 10.3. The number of anilines is 1. The van der Waals surface area contributed by atoms with E-state index in [1.54, 1.807) is 19.1 Å². The highest BCUT2D eigenvalue weighted by Crippen LogP contribution is 2.08. The molecule has 0 saturated heterocycles. The van der Waals surface area contributed by atoms with Crippen LogP contribution in [0.1, 0.15) is 12.6 Å². The lowest BCUT2D eigenvalue weighted by molar-refractivity contribution is -0.131. The zero-order valence-electron chi connectivity index (χ0n) is 10.9. The lowest BCUT2D eigenvalue weighted by Crippen LogP contribution is -2.20. The van der Waals surface area contributed by atoms with Gasteiger partial charge in [0.1, 0.15) is 5.82 Å². The molecule has 8 heteroatoms. The smallest absolute Gasteiger partial charge is 0.328 e. The Morgan fingerprint density at radius 2 is 2.25 bits per heavy atom. The van der Waals surface area contributed by atoms with E-state index in [9.17, 15) is 13.2 Å². The third-order valence-corrected chi connectivity index (χ3v) is 3.35. The van der Waals surface area contributed by atoms with Gasteiger partial charge in [0.2, 0.25) is 10.0 Å². The maximum Gasteiger partial charge on any atom is 0.328 e. The van der Waals surface area contributed by atoms with Gasteiger partial charge in [0.25, 0.3) is 0 Å². The number of carboxylic acids is 1. The standard InChI is InChI=1S/C12H16N2O5S/c1-2-19-8-9-20(17,18)14-11-5-3-4-10(13-11)6-7-12(15)16/h3-7H,2,8-9H2,1H3,(H,13,14)(H,15,16). The van der Waals surface area contributed by atoms with Gasteiger partial charge in [0.15, 0.2) is 0 Å². The number of aromatic nitrogens is 1. The molecule has 110 valence electrons. The molecule has 0 saturated carbocycles. The number of sulfonamides is 1. The van der Waals surface area contributed by atoms with Crippen LogP contribution in [0, 0.1) is 0 Å². The van der Waals surface area contributed by atoms with Crippen LogP contribution in [-0.2, 0) is 19.6 Å². The third-order valence-electron chi connectivity index (χ3n) is 2.13. The minimum Gasteiger partial charge on any atom is -0.478 e. The van der Waals surface area contributed by atoms with Crippen LogP contribution >= 0.6 is 0 Å². The Morgan fingerprint density at radius 1 is 1.50 bits per heavy atom. The number of pyridine rings is 1. The second-order valence-electron chi connectivity index (χ2n) is 3.74. The molecule has 0 atom stereocenters. The average Bonchev–Trinajstić information content (AvgIpc) is 2.36. The van der Waals surface area contributed by atoms with Gasteiger partial charge < -0.3 is 9.84 Å². The normalized spacial score (nSPS) is 11.7. The molecule has 0 aliphatic carbocycles. The van der Waals surface area contributed by atoms with Gasteiger partial charge in [-0.3, -0.25) is 4.72 Å². The van der Waals surface area contributed by atoms with Gasteiger partial charge in [-0.05, 0) is 25.1 Å². The minimum absolute atomic E-state index is 0.102. The molecule has 0 bridgehead atoms. The Balaban J connectivity index is 2.72. The number of carboxylic acid groups (broad SMARTS) is 1. The monoisotopic (exact) mass is 300 g/mol. The Morgan fingerprint density at radius 3 is 2.90 bits per heavy atom. The molecule has 0 amide bonds. The largest absolute Gasteiger partial charge is 0.478 e. The van der Waals surface area contributed by atoms with Gasteiger partial charge in [-0.1, -0.05) is 6.07 Å². The molecule has 0 aromatic carbocycles. The summed E-state index contributed by atoms with van der Waals surface area (Å²) in [4.78, 5) is 14.4. The number of aliphatic carboxylic acids is 1. The number of carbonyl (C=O) groups is 1. The molecule has 0 spiro atoms. The van der Waals surface area contributed by atoms with E-state index >= 15 is 0 Å². The molecule has 1 heterocycles. The van der Waals surface area contributed by atoms with E-state index in [0.29, 0.717) is 12.3 Å². The van der Waals surface area contributed by atoms with Crippen molar-refractivity contribution in [3.8, 4) is 0 Å². The van der Waals surface area contributed by atoms with Gasteiger partial charge in [-0.25, -0.2) is 18.2 Å². The molecule has 2 N–H and O–H groups in total. The van der Waals surface area contributed by atoms with Crippen LogP contribution in [0.4, 0.5) is 5.82 Å². The van der Waals surface area contributed by atoms with Crippen molar-refractivity contribution in [1.82, 2.24) is 4.98 Å². The van der Waals surface area contributed by atoms with Crippen LogP contribution < -0.4 is 4.72 Å². The van der Waals surface area contributed by atoms with E-state index < -0.39 is 16.0 Å². The van der Waals surface area contributed by atoms with Gasteiger partial charge >= 0.3 is 5.97 Å². The highest BCUT2D eigenvalue weighted by atomic mass is 32.2. The zero-order valence-corrected chi connectivity index (χ0v) is 11.8. The first-order chi connectivity index (χ1) is 9.43. The zero-order chi connectivity index (χ0) is 15.0. The number of hydrogen-bond acceptors (Lipinski definition) is 5. The van der Waals surface area contributed by atoms with Crippen LogP contribution in [0.15, 0.2) is 24.3 Å². The molecule has 0 radical (unpaired) electrons. The summed E-state index contributed by atoms with van der Waals surface area (Å²) in [5.41, 5.74) is 0.345. The van der Waals surface area contributed by atoms with Crippen LogP contribution in [0.3, 0.4) is 0 Å². The fourth-order valence-electron chi connectivity index (χ4n) is 1.28. The third kappa shape index (κ3) is 6.30. The van der Waals surface area contributed by atoms with Crippen LogP contribution in [-0.4, -0.2) is 43.4 Å². The summed E-state index contributed by atoms with van der Waals surface area (Å²) < 4.78 is 30.7. The highest BCUT2D eigenvalue weighted by Gasteiger charge is 2.10. The van der Waals surface area contributed by atoms with E-state index in [1.807, 2.05) is 0 Å². The van der Waals surface area contributed by atoms with E-state index in [-0.39, 0.29) is 18.2 Å². The van der Waals surface area contributed by atoms with Gasteiger partial charge in [-0.15, -0.1) is 0 Å². The first kappa shape index (κ1) is 16.1. The van der Waals surface area contributed by atoms with Gasteiger partial charge in [0.05, 0.1) is 18.1 Å². The van der Waals surface area contributed by atoms with E-state index in [0.717, 1.165) is 6.08 Å². The van der Waals surface area contributed by atoms with Crippen molar-refractivity contribution in [2.45, 2.75) is 6.92 Å². The number of nitrogens with zero attached hydrogens (tertiary/aromatic N) is 1. The quantitative estimate of drug-likeness (QED) is 0.547. The Labute approximate surface area is 117 Å². The molecule has 0 unspecified atom stereocenters. The summed E-state index contributed by atoms with van der Waals surface area (Å²) in [6.45, 7) is 2.33. The maximum absolute atomic E-state index is 11.7. The predicted molar refractivity (Wildman–Crippen MR) is 74.8 cm³/mol. The van der Waals surface area contributed by atoms with Crippen LogP contribution in [0.2, 0.25) is 0 Å². The molecule has 1 aromatic heterocycles. The Kier molecular flexibility index (Phi) is 6.13. The van der Waals surface area contributed by atoms with Gasteiger partial charge in [-0.2, -0.15) is 0 Å². The average molecular weight is 300 g/mol. The van der Waals surface area contributed by atoms with E-state index in [4.69, 9.17) is 9.84 Å². The Bertz CT molecular complexity index is 583. The predicted octanol–water partition coefficient (Wildman–Crippen LogP) is 0.958. The molecular weight excluding hydrogens is 284 g/mol. The lowest BCUT2D eigenvalue weighted by Gasteiger charge is -2.07. The molecule has 1 aromatic rings. The van der Waals surface area contributed by atoms with E-state index in [1.165, 1.54) is 12.1 Å². The molecule has 0 aliphatic heterocycles. The summed E-state index contributed by atoms with van der Waals surface area (Å²) in [6.07, 6.45) is 2.20. The summed E-state index contributed by atoms with van der Waals surface area (Å²) >= 11 is 0. The summed E-state index contributed by atoms with van der Waals surface area (Å²) in [5.74, 6) is -1.14. The van der Waals surface area contributed by atoms with Crippen molar-refractivity contribution in [1.29, 1.82) is 0 Å². The molecule has 7 nitrogen and oxygen atoms in total. The highest BCUT2D eigenvalue weighted by molar-refractivity contribution is 7.92. The number of ether oxygens (including phenoxy) is 1. The van der Waals surface area contributed by atoms with E-state index in [2.05, 4.69) is 9.71 Å². The minimum atomic E-state index is -3.53. The van der Waals surface area contributed by atoms with Crippen molar-refractivity contribution >= 4 is 27.9 Å². The van der Waals surface area contributed by atoms with Crippen molar-refractivity contribution in [3.63, 3.8) is 0 Å². The SMILES string of the molecule is CCOCCS(=O)(=O)Nc1cccc(C=CC(=O)O)n1. The second kappa shape index (κ2) is 7.61. The van der Waals surface area contributed by atoms with Crippen molar-refractivity contribution < 1.29 is 23.1 Å². The molecular formula is C12H16N2O5S. The number of rotatable bonds is 8. The Hall–Kier alpha value is -1.93.